The highest BCUT2D eigenvalue weighted by Crippen LogP contribution is 2.35. The third kappa shape index (κ3) is 2.35. The molecule has 2 aliphatic rings. The van der Waals surface area contributed by atoms with Gasteiger partial charge in [-0.25, -0.2) is 0 Å². The van der Waals surface area contributed by atoms with Crippen molar-refractivity contribution < 1.29 is 4.79 Å². The second-order valence-corrected chi connectivity index (χ2v) is 5.11. The highest BCUT2D eigenvalue weighted by molar-refractivity contribution is 5.79. The lowest BCUT2D eigenvalue weighted by molar-refractivity contribution is -0.123. The third-order valence-electron chi connectivity index (χ3n) is 3.68. The van der Waals surface area contributed by atoms with Gasteiger partial charge in [0.2, 0.25) is 0 Å². The first-order valence-electron chi connectivity index (χ1n) is 5.94. The molecule has 0 N–H and O–H groups in total. The molecule has 0 radical (unpaired) electrons. The smallest absolute Gasteiger partial charge is 0.135 e. The van der Waals surface area contributed by atoms with E-state index in [-0.39, 0.29) is 0 Å². The molecule has 1 saturated heterocycles. The standard InChI is InChI=1S/C12H21NO/c1-9(7-11-3-4-11)13-6-5-12(14)8-10(13)2/h9-11H,3-8H2,1-2H3. The van der Waals surface area contributed by atoms with Crippen molar-refractivity contribution in [2.24, 2.45) is 5.92 Å². The van der Waals surface area contributed by atoms with Crippen LogP contribution in [-0.4, -0.2) is 29.3 Å². The van der Waals surface area contributed by atoms with Gasteiger partial charge in [0, 0.05) is 31.5 Å². The molecule has 0 aromatic rings. The van der Waals surface area contributed by atoms with Crippen LogP contribution in [0.2, 0.25) is 0 Å². The van der Waals surface area contributed by atoms with E-state index in [1.54, 1.807) is 0 Å². The summed E-state index contributed by atoms with van der Waals surface area (Å²) in [5.74, 6) is 1.45. The average Bonchev–Trinajstić information content (AvgIpc) is 2.87. The lowest BCUT2D eigenvalue weighted by Crippen LogP contribution is -2.46. The summed E-state index contributed by atoms with van der Waals surface area (Å²) in [6, 6.07) is 1.16. The van der Waals surface area contributed by atoms with Gasteiger partial charge in [-0.1, -0.05) is 12.8 Å². The van der Waals surface area contributed by atoms with E-state index in [0.29, 0.717) is 17.9 Å². The Morgan fingerprint density at radius 1 is 1.50 bits per heavy atom. The fraction of sp³-hybridized carbons (Fsp3) is 0.917. The first kappa shape index (κ1) is 10.2. The van der Waals surface area contributed by atoms with Crippen LogP contribution in [0.5, 0.6) is 0 Å². The molecule has 2 nitrogen and oxygen atoms in total. The van der Waals surface area contributed by atoms with E-state index in [9.17, 15) is 4.79 Å². The third-order valence-corrected chi connectivity index (χ3v) is 3.68. The second-order valence-electron chi connectivity index (χ2n) is 5.11. The molecule has 2 atom stereocenters. The lowest BCUT2D eigenvalue weighted by Gasteiger charge is -2.37. The molecule has 80 valence electrons. The minimum absolute atomic E-state index is 0.451. The summed E-state index contributed by atoms with van der Waals surface area (Å²) in [5.41, 5.74) is 0. The molecule has 1 heterocycles. The Bertz CT molecular complexity index is 222. The zero-order valence-corrected chi connectivity index (χ0v) is 9.33. The van der Waals surface area contributed by atoms with E-state index < -0.39 is 0 Å². The molecule has 1 aliphatic heterocycles. The summed E-state index contributed by atoms with van der Waals surface area (Å²) in [4.78, 5) is 13.8. The topological polar surface area (TPSA) is 20.3 Å². The number of likely N-dealkylation sites (tertiary alicyclic amines) is 1. The van der Waals surface area contributed by atoms with Crippen LogP contribution < -0.4 is 0 Å². The normalized spacial score (nSPS) is 31.9. The van der Waals surface area contributed by atoms with Crippen LogP contribution >= 0.6 is 0 Å². The minimum Gasteiger partial charge on any atom is -0.300 e. The first-order chi connectivity index (χ1) is 6.66. The van der Waals surface area contributed by atoms with E-state index in [2.05, 4.69) is 18.7 Å². The predicted molar refractivity (Wildman–Crippen MR) is 57.2 cm³/mol. The summed E-state index contributed by atoms with van der Waals surface area (Å²) in [6.07, 6.45) is 5.77. The molecule has 14 heavy (non-hydrogen) atoms. The molecule has 0 aromatic carbocycles. The number of carbonyl (C=O) groups is 1. The van der Waals surface area contributed by atoms with Crippen molar-refractivity contribution in [3.05, 3.63) is 0 Å². The number of carbonyl (C=O) groups excluding carboxylic acids is 1. The van der Waals surface area contributed by atoms with E-state index in [1.807, 2.05) is 0 Å². The van der Waals surface area contributed by atoms with Crippen LogP contribution in [-0.2, 0) is 4.79 Å². The van der Waals surface area contributed by atoms with Crippen molar-refractivity contribution >= 4 is 5.78 Å². The van der Waals surface area contributed by atoms with Crippen LogP contribution in [0.3, 0.4) is 0 Å². The Kier molecular flexibility index (Phi) is 2.91. The van der Waals surface area contributed by atoms with Crippen molar-refractivity contribution in [3.8, 4) is 0 Å². The maximum Gasteiger partial charge on any atom is 0.135 e. The van der Waals surface area contributed by atoms with Crippen LogP contribution in [0.25, 0.3) is 0 Å². The molecular weight excluding hydrogens is 174 g/mol. The van der Waals surface area contributed by atoms with Gasteiger partial charge in [-0.2, -0.15) is 0 Å². The van der Waals surface area contributed by atoms with Crippen molar-refractivity contribution in [1.82, 2.24) is 4.90 Å². The molecule has 0 aromatic heterocycles. The van der Waals surface area contributed by atoms with Gasteiger partial charge in [0.25, 0.3) is 0 Å². The molecule has 1 aliphatic carbocycles. The maximum absolute atomic E-state index is 11.2. The van der Waals surface area contributed by atoms with Crippen LogP contribution in [0.4, 0.5) is 0 Å². The number of ketones is 1. The van der Waals surface area contributed by atoms with Crippen molar-refractivity contribution in [1.29, 1.82) is 0 Å². The molecule has 2 heteroatoms. The van der Waals surface area contributed by atoms with E-state index >= 15 is 0 Å². The fourth-order valence-electron chi connectivity index (χ4n) is 2.65. The molecule has 2 fully saturated rings. The average molecular weight is 195 g/mol. The van der Waals surface area contributed by atoms with Crippen molar-refractivity contribution in [2.45, 2.75) is 58.0 Å². The Hall–Kier alpha value is -0.370. The maximum atomic E-state index is 11.2. The minimum atomic E-state index is 0.451. The molecule has 0 bridgehead atoms. The van der Waals surface area contributed by atoms with Gasteiger partial charge in [-0.15, -0.1) is 0 Å². The van der Waals surface area contributed by atoms with E-state index in [1.165, 1.54) is 19.3 Å². The monoisotopic (exact) mass is 195 g/mol. The molecule has 1 saturated carbocycles. The first-order valence-corrected chi connectivity index (χ1v) is 5.94. The second kappa shape index (κ2) is 4.01. The summed E-state index contributed by atoms with van der Waals surface area (Å²) in [6.45, 7) is 5.51. The molecule has 0 spiro atoms. The quantitative estimate of drug-likeness (QED) is 0.688. The lowest BCUT2D eigenvalue weighted by atomic mass is 9.98. The number of piperidine rings is 1. The Balaban J connectivity index is 1.85. The van der Waals surface area contributed by atoms with Gasteiger partial charge >= 0.3 is 0 Å². The number of Topliss-reactive ketones (excluding diaryl/α,β-unsaturated/α-hetero) is 1. The molecule has 2 rings (SSSR count). The summed E-state index contributed by atoms with van der Waals surface area (Å²) in [5, 5.41) is 0. The van der Waals surface area contributed by atoms with Crippen LogP contribution in [0.1, 0.15) is 46.0 Å². The van der Waals surface area contributed by atoms with Gasteiger partial charge in [0.15, 0.2) is 0 Å². The summed E-state index contributed by atoms with van der Waals surface area (Å²) >= 11 is 0. The van der Waals surface area contributed by atoms with Gasteiger partial charge in [-0.05, 0) is 26.2 Å². The number of hydrogen-bond acceptors (Lipinski definition) is 2. The number of rotatable bonds is 3. The zero-order chi connectivity index (χ0) is 10.1. The zero-order valence-electron chi connectivity index (χ0n) is 9.33. The molecule has 2 unspecified atom stereocenters. The highest BCUT2D eigenvalue weighted by Gasteiger charge is 2.31. The van der Waals surface area contributed by atoms with Crippen molar-refractivity contribution in [3.63, 3.8) is 0 Å². The van der Waals surface area contributed by atoms with Crippen LogP contribution in [0.15, 0.2) is 0 Å². The summed E-state index contributed by atoms with van der Waals surface area (Å²) < 4.78 is 0. The van der Waals surface area contributed by atoms with Crippen LogP contribution in [0, 0.1) is 5.92 Å². The van der Waals surface area contributed by atoms with Gasteiger partial charge in [-0.3, -0.25) is 9.69 Å². The Labute approximate surface area is 86.7 Å². The van der Waals surface area contributed by atoms with E-state index in [4.69, 9.17) is 0 Å². The molecular formula is C12H21NO. The SMILES string of the molecule is CC1CC(=O)CCN1C(C)CC1CC1. The Morgan fingerprint density at radius 2 is 2.21 bits per heavy atom. The predicted octanol–water partition coefficient (Wildman–Crippen LogP) is 2.23. The molecule has 0 amide bonds. The summed E-state index contributed by atoms with van der Waals surface area (Å²) in [7, 11) is 0. The highest BCUT2D eigenvalue weighted by atomic mass is 16.1. The van der Waals surface area contributed by atoms with Crippen molar-refractivity contribution in [2.75, 3.05) is 6.54 Å². The van der Waals surface area contributed by atoms with Gasteiger partial charge in [0.05, 0.1) is 0 Å². The van der Waals surface area contributed by atoms with E-state index in [0.717, 1.165) is 25.3 Å². The number of hydrogen-bond donors (Lipinski definition) is 0. The largest absolute Gasteiger partial charge is 0.300 e. The fourth-order valence-corrected chi connectivity index (χ4v) is 2.65. The Morgan fingerprint density at radius 3 is 2.79 bits per heavy atom. The number of nitrogens with zero attached hydrogens (tertiary/aromatic N) is 1. The van der Waals surface area contributed by atoms with Gasteiger partial charge < -0.3 is 0 Å². The van der Waals surface area contributed by atoms with Gasteiger partial charge in [0.1, 0.15) is 5.78 Å².